The lowest BCUT2D eigenvalue weighted by Crippen LogP contribution is -2.47. The summed E-state index contributed by atoms with van der Waals surface area (Å²) < 4.78 is 19.4. The monoisotopic (exact) mass is 466 g/mol. The molecule has 4 rings (SSSR count). The Morgan fingerprint density at radius 3 is 2.64 bits per heavy atom. The highest BCUT2D eigenvalue weighted by molar-refractivity contribution is 7.10. The van der Waals surface area contributed by atoms with Crippen LogP contribution < -0.4 is 0 Å². The van der Waals surface area contributed by atoms with E-state index in [2.05, 4.69) is 17.5 Å². The van der Waals surface area contributed by atoms with Gasteiger partial charge >= 0.3 is 0 Å². The summed E-state index contributed by atoms with van der Waals surface area (Å²) in [5.74, 6) is -1.28. The standard InChI is InChI=1S/C26H27FN2O3S/c1-18-7-3-4-8-19(18)25-21-12-16-33-23(21)11-13-29(25)24(30)17-28(14-15-32-2)26(31)20-9-5-6-10-22(20)27/h3-10,12,16,25H,11,13-15,17H2,1-2H3. The summed E-state index contributed by atoms with van der Waals surface area (Å²) in [5, 5.41) is 2.07. The molecule has 0 spiro atoms. The van der Waals surface area contributed by atoms with Crippen LogP contribution in [-0.4, -0.2) is 55.0 Å². The second kappa shape index (κ2) is 10.3. The number of aryl methyl sites for hydroxylation is 1. The number of fused-ring (bicyclic) bond motifs is 1. The minimum absolute atomic E-state index is 0.0457. The Labute approximate surface area is 197 Å². The summed E-state index contributed by atoms with van der Waals surface area (Å²) in [7, 11) is 1.53. The lowest BCUT2D eigenvalue weighted by atomic mass is 9.90. The van der Waals surface area contributed by atoms with Crippen LogP contribution in [0.1, 0.15) is 38.0 Å². The van der Waals surface area contributed by atoms with Crippen molar-refractivity contribution in [1.29, 1.82) is 0 Å². The number of thiophene rings is 1. The van der Waals surface area contributed by atoms with Gasteiger partial charge in [-0.2, -0.15) is 0 Å². The number of hydrogen-bond donors (Lipinski definition) is 0. The average molecular weight is 467 g/mol. The van der Waals surface area contributed by atoms with Gasteiger partial charge in [-0.1, -0.05) is 36.4 Å². The first kappa shape index (κ1) is 23.1. The number of rotatable bonds is 7. The van der Waals surface area contributed by atoms with Gasteiger partial charge in [0.05, 0.1) is 18.2 Å². The van der Waals surface area contributed by atoms with E-state index < -0.39 is 11.7 Å². The Bertz CT molecular complexity index is 1150. The second-order valence-corrected chi connectivity index (χ2v) is 9.10. The maximum Gasteiger partial charge on any atom is 0.257 e. The topological polar surface area (TPSA) is 49.9 Å². The number of carbonyl (C=O) groups excluding carboxylic acids is 2. The van der Waals surface area contributed by atoms with Crippen molar-refractivity contribution in [3.05, 3.63) is 92.9 Å². The van der Waals surface area contributed by atoms with E-state index in [-0.39, 0.29) is 37.2 Å². The van der Waals surface area contributed by atoms with Crippen molar-refractivity contribution in [1.82, 2.24) is 9.80 Å². The number of carbonyl (C=O) groups is 2. The number of hydrogen-bond acceptors (Lipinski definition) is 4. The Balaban J connectivity index is 1.63. The summed E-state index contributed by atoms with van der Waals surface area (Å²) in [4.78, 5) is 31.2. The highest BCUT2D eigenvalue weighted by Crippen LogP contribution is 2.39. The summed E-state index contributed by atoms with van der Waals surface area (Å²) in [6.07, 6.45) is 0.778. The van der Waals surface area contributed by atoms with E-state index in [9.17, 15) is 14.0 Å². The van der Waals surface area contributed by atoms with Gasteiger partial charge in [0.1, 0.15) is 12.4 Å². The highest BCUT2D eigenvalue weighted by atomic mass is 32.1. The van der Waals surface area contributed by atoms with Crippen LogP contribution in [0.5, 0.6) is 0 Å². The zero-order chi connectivity index (χ0) is 23.4. The lowest BCUT2D eigenvalue weighted by Gasteiger charge is -2.38. The molecule has 0 aliphatic carbocycles. The predicted octanol–water partition coefficient (Wildman–Crippen LogP) is 4.46. The molecule has 2 amide bonds. The fraction of sp³-hybridized carbons (Fsp3) is 0.308. The van der Waals surface area contributed by atoms with Crippen molar-refractivity contribution in [2.45, 2.75) is 19.4 Å². The largest absolute Gasteiger partial charge is 0.383 e. The van der Waals surface area contributed by atoms with Crippen molar-refractivity contribution in [3.63, 3.8) is 0 Å². The second-order valence-electron chi connectivity index (χ2n) is 8.09. The molecule has 3 aromatic rings. The number of methoxy groups -OCH3 is 1. The van der Waals surface area contributed by atoms with Gasteiger partial charge in [0, 0.05) is 25.1 Å². The average Bonchev–Trinajstić information content (AvgIpc) is 3.30. The highest BCUT2D eigenvalue weighted by Gasteiger charge is 2.34. The Hall–Kier alpha value is -3.03. The molecule has 1 atom stereocenters. The molecule has 2 aromatic carbocycles. The molecule has 33 heavy (non-hydrogen) atoms. The molecule has 1 aromatic heterocycles. The fourth-order valence-electron chi connectivity index (χ4n) is 4.33. The molecule has 1 unspecified atom stereocenters. The van der Waals surface area contributed by atoms with Gasteiger partial charge in [0.25, 0.3) is 5.91 Å². The van der Waals surface area contributed by atoms with Gasteiger partial charge in [-0.25, -0.2) is 4.39 Å². The Kier molecular flexibility index (Phi) is 7.20. The molecule has 0 bridgehead atoms. The van der Waals surface area contributed by atoms with Crippen molar-refractivity contribution >= 4 is 23.2 Å². The van der Waals surface area contributed by atoms with Crippen LogP contribution in [0.2, 0.25) is 0 Å². The van der Waals surface area contributed by atoms with E-state index in [4.69, 9.17) is 4.74 Å². The van der Waals surface area contributed by atoms with Gasteiger partial charge in [-0.3, -0.25) is 9.59 Å². The zero-order valence-electron chi connectivity index (χ0n) is 18.8. The van der Waals surface area contributed by atoms with Gasteiger partial charge in [0.15, 0.2) is 0 Å². The van der Waals surface area contributed by atoms with E-state index in [1.54, 1.807) is 17.4 Å². The van der Waals surface area contributed by atoms with E-state index in [0.29, 0.717) is 6.54 Å². The maximum atomic E-state index is 14.3. The fourth-order valence-corrected chi connectivity index (χ4v) is 5.23. The summed E-state index contributed by atoms with van der Waals surface area (Å²) >= 11 is 1.71. The molecular weight excluding hydrogens is 439 g/mol. The number of amides is 2. The van der Waals surface area contributed by atoms with Crippen LogP contribution in [0.3, 0.4) is 0 Å². The number of nitrogens with zero attached hydrogens (tertiary/aromatic N) is 2. The summed E-state index contributed by atoms with van der Waals surface area (Å²) in [6, 6.07) is 15.8. The molecule has 5 nitrogen and oxygen atoms in total. The Morgan fingerprint density at radius 2 is 1.88 bits per heavy atom. The molecule has 0 saturated heterocycles. The van der Waals surface area contributed by atoms with Crippen LogP contribution >= 0.6 is 11.3 Å². The molecule has 172 valence electrons. The van der Waals surface area contributed by atoms with Crippen LogP contribution in [-0.2, 0) is 16.0 Å². The molecule has 1 aliphatic heterocycles. The first-order valence-electron chi connectivity index (χ1n) is 10.9. The summed E-state index contributed by atoms with van der Waals surface area (Å²) in [5.41, 5.74) is 3.28. The summed E-state index contributed by atoms with van der Waals surface area (Å²) in [6.45, 7) is 2.92. The minimum atomic E-state index is -0.601. The van der Waals surface area contributed by atoms with Gasteiger partial charge in [-0.15, -0.1) is 11.3 Å². The number of halogens is 1. The van der Waals surface area contributed by atoms with Crippen molar-refractivity contribution < 1.29 is 18.7 Å². The van der Waals surface area contributed by atoms with Crippen molar-refractivity contribution in [3.8, 4) is 0 Å². The molecule has 1 aliphatic rings. The lowest BCUT2D eigenvalue weighted by molar-refractivity contribution is -0.134. The van der Waals surface area contributed by atoms with Crippen LogP contribution in [0, 0.1) is 12.7 Å². The molecule has 7 heteroatoms. The molecule has 2 heterocycles. The quantitative estimate of drug-likeness (QED) is 0.517. The van der Waals surface area contributed by atoms with E-state index in [1.807, 2.05) is 30.0 Å². The normalized spacial score (nSPS) is 15.2. The molecule has 0 saturated carbocycles. The SMILES string of the molecule is COCCN(CC(=O)N1CCc2sccc2C1c1ccccc1C)C(=O)c1ccccc1F. The molecule has 0 N–H and O–H groups in total. The first-order valence-corrected chi connectivity index (χ1v) is 11.8. The third-order valence-corrected chi connectivity index (χ3v) is 7.05. The van der Waals surface area contributed by atoms with Crippen LogP contribution in [0.25, 0.3) is 0 Å². The zero-order valence-corrected chi connectivity index (χ0v) is 19.6. The predicted molar refractivity (Wildman–Crippen MR) is 127 cm³/mol. The first-order chi connectivity index (χ1) is 16.0. The minimum Gasteiger partial charge on any atom is -0.383 e. The van der Waals surface area contributed by atoms with Crippen LogP contribution in [0.15, 0.2) is 60.0 Å². The van der Waals surface area contributed by atoms with E-state index >= 15 is 0 Å². The Morgan fingerprint density at radius 1 is 1.12 bits per heavy atom. The molecule has 0 fully saturated rings. The van der Waals surface area contributed by atoms with E-state index in [0.717, 1.165) is 23.1 Å². The molecular formula is C26H27FN2O3S. The number of ether oxygens (including phenoxy) is 1. The third kappa shape index (κ3) is 4.84. The maximum absolute atomic E-state index is 14.3. The van der Waals surface area contributed by atoms with E-state index in [1.165, 1.54) is 35.1 Å². The van der Waals surface area contributed by atoms with Gasteiger partial charge in [-0.05, 0) is 53.6 Å². The van der Waals surface area contributed by atoms with Crippen molar-refractivity contribution in [2.24, 2.45) is 0 Å². The van der Waals surface area contributed by atoms with Gasteiger partial charge < -0.3 is 14.5 Å². The third-order valence-electron chi connectivity index (χ3n) is 6.05. The van der Waals surface area contributed by atoms with Gasteiger partial charge in [0.2, 0.25) is 5.91 Å². The number of benzene rings is 2. The smallest absolute Gasteiger partial charge is 0.257 e. The van der Waals surface area contributed by atoms with Crippen molar-refractivity contribution in [2.75, 3.05) is 33.4 Å². The van der Waals surface area contributed by atoms with Crippen LogP contribution in [0.4, 0.5) is 4.39 Å². The molecule has 0 radical (unpaired) electrons.